The van der Waals surface area contributed by atoms with Crippen LogP contribution in [0.3, 0.4) is 0 Å². The molecule has 0 bridgehead atoms. The molecule has 1 aliphatic rings. The van der Waals surface area contributed by atoms with Crippen LogP contribution in [0.5, 0.6) is 5.75 Å². The molecule has 1 saturated heterocycles. The fraction of sp³-hybridized carbons (Fsp3) is 0.259. The number of fused-ring (bicyclic) bond motifs is 1. The Morgan fingerprint density at radius 3 is 2.47 bits per heavy atom. The largest absolute Gasteiger partial charge is 0.494 e. The van der Waals surface area contributed by atoms with Crippen molar-refractivity contribution < 1.29 is 9.53 Å². The highest BCUT2D eigenvalue weighted by Crippen LogP contribution is 2.32. The molecule has 3 heterocycles. The van der Waals surface area contributed by atoms with Crippen LogP contribution in [0.15, 0.2) is 59.5 Å². The lowest BCUT2D eigenvalue weighted by Crippen LogP contribution is -2.46. The number of carbonyl (C=O) groups is 1. The van der Waals surface area contributed by atoms with Crippen LogP contribution in [0, 0.1) is 0 Å². The number of pyridine rings is 1. The van der Waals surface area contributed by atoms with Gasteiger partial charge < -0.3 is 31.3 Å². The van der Waals surface area contributed by atoms with Gasteiger partial charge in [-0.2, -0.15) is 4.98 Å². The average molecular weight is 515 g/mol. The molecule has 2 aromatic carbocycles. The van der Waals surface area contributed by atoms with E-state index in [1.54, 1.807) is 19.2 Å². The summed E-state index contributed by atoms with van der Waals surface area (Å²) in [5.41, 5.74) is 13.5. The van der Waals surface area contributed by atoms with Gasteiger partial charge in [0.25, 0.3) is 5.91 Å². The topological polar surface area (TPSA) is 145 Å². The number of hydrogen-bond acceptors (Lipinski definition) is 9. The number of nitrogens with two attached hydrogens (primary N) is 2. The molecule has 1 fully saturated rings. The molecule has 0 saturated carbocycles. The predicted octanol–water partition coefficient (Wildman–Crippen LogP) is 2.36. The number of methoxy groups -OCH3 is 1. The van der Waals surface area contributed by atoms with E-state index in [1.165, 1.54) is 10.8 Å². The second-order valence-electron chi connectivity index (χ2n) is 8.99. The Kier molecular flexibility index (Phi) is 6.84. The molecule has 1 aliphatic heterocycles. The Hall–Kier alpha value is -4.64. The van der Waals surface area contributed by atoms with Crippen molar-refractivity contribution >= 4 is 40.1 Å². The number of rotatable bonds is 7. The molecule has 38 heavy (non-hydrogen) atoms. The van der Waals surface area contributed by atoms with E-state index >= 15 is 0 Å². The van der Waals surface area contributed by atoms with Crippen molar-refractivity contribution in [3.63, 3.8) is 0 Å². The van der Waals surface area contributed by atoms with E-state index in [0.717, 1.165) is 38.4 Å². The van der Waals surface area contributed by atoms with Gasteiger partial charge in [0.2, 0.25) is 11.4 Å². The first-order valence-corrected chi connectivity index (χ1v) is 12.4. The van der Waals surface area contributed by atoms with Crippen LogP contribution in [-0.4, -0.2) is 65.2 Å². The van der Waals surface area contributed by atoms with Crippen molar-refractivity contribution in [3.8, 4) is 11.4 Å². The number of amides is 1. The van der Waals surface area contributed by atoms with Gasteiger partial charge in [0.15, 0.2) is 5.65 Å². The van der Waals surface area contributed by atoms with Gasteiger partial charge in [-0.25, -0.2) is 4.98 Å². The maximum Gasteiger partial charge on any atom is 0.256 e. The van der Waals surface area contributed by atoms with E-state index in [1.807, 2.05) is 36.4 Å². The van der Waals surface area contributed by atoms with Crippen LogP contribution in [0.4, 0.5) is 23.1 Å². The number of primary amides is 1. The maximum absolute atomic E-state index is 13.0. The van der Waals surface area contributed by atoms with Crippen LogP contribution in [-0.2, 0) is 0 Å². The van der Waals surface area contributed by atoms with Crippen molar-refractivity contribution in [2.75, 3.05) is 55.8 Å². The molecule has 5 rings (SSSR count). The van der Waals surface area contributed by atoms with Crippen molar-refractivity contribution in [3.05, 3.63) is 70.5 Å². The van der Waals surface area contributed by atoms with Gasteiger partial charge in [-0.05, 0) is 30.8 Å². The lowest BCUT2D eigenvalue weighted by molar-refractivity contribution is 0.1000. The highest BCUT2D eigenvalue weighted by atomic mass is 16.5. The number of piperazine rings is 1. The summed E-state index contributed by atoms with van der Waals surface area (Å²) in [5.74, 6) is -0.137. The number of anilines is 4. The molecule has 0 radical (unpaired) electrons. The molecule has 1 amide bonds. The van der Waals surface area contributed by atoms with Gasteiger partial charge in [0, 0.05) is 49.8 Å². The van der Waals surface area contributed by atoms with Crippen LogP contribution in [0.1, 0.15) is 17.3 Å². The number of carbonyl (C=O) groups excluding carboxylic acids is 1. The second kappa shape index (κ2) is 10.4. The number of nitrogen functional groups attached to an aromatic ring is 1. The van der Waals surface area contributed by atoms with Gasteiger partial charge in [-0.3, -0.25) is 14.2 Å². The van der Waals surface area contributed by atoms with Gasteiger partial charge in [-0.1, -0.05) is 25.1 Å². The quantitative estimate of drug-likeness (QED) is 0.338. The molecule has 5 N–H and O–H groups in total. The summed E-state index contributed by atoms with van der Waals surface area (Å²) >= 11 is 0. The molecule has 196 valence electrons. The number of aromatic nitrogens is 3. The number of ether oxygens (including phenoxy) is 1. The highest BCUT2D eigenvalue weighted by molar-refractivity contribution is 6.01. The monoisotopic (exact) mass is 514 g/mol. The molecule has 4 aromatic rings. The molecular weight excluding hydrogens is 484 g/mol. The van der Waals surface area contributed by atoms with Crippen molar-refractivity contribution in [2.45, 2.75) is 6.92 Å². The highest BCUT2D eigenvalue weighted by Gasteiger charge is 2.22. The van der Waals surface area contributed by atoms with Crippen LogP contribution in [0.25, 0.3) is 16.7 Å². The molecule has 11 nitrogen and oxygen atoms in total. The molecule has 0 aliphatic carbocycles. The van der Waals surface area contributed by atoms with Gasteiger partial charge in [0.05, 0.1) is 18.2 Å². The second-order valence-corrected chi connectivity index (χ2v) is 8.99. The van der Waals surface area contributed by atoms with E-state index in [0.29, 0.717) is 17.1 Å². The number of benzene rings is 2. The normalized spacial score (nSPS) is 14.0. The summed E-state index contributed by atoms with van der Waals surface area (Å²) in [6, 6.07) is 15.0. The number of para-hydroxylation sites is 1. The fourth-order valence-electron chi connectivity index (χ4n) is 4.74. The number of likely N-dealkylation sites (N-methyl/N-ethyl adjacent to an activating group) is 1. The first-order chi connectivity index (χ1) is 18.4. The Balaban J connectivity index is 1.54. The number of hydrogen-bond donors (Lipinski definition) is 3. The zero-order valence-corrected chi connectivity index (χ0v) is 21.3. The Morgan fingerprint density at radius 2 is 1.82 bits per heavy atom. The van der Waals surface area contributed by atoms with Crippen molar-refractivity contribution in [1.29, 1.82) is 0 Å². The molecule has 0 unspecified atom stereocenters. The third-order valence-corrected chi connectivity index (χ3v) is 6.83. The summed E-state index contributed by atoms with van der Waals surface area (Å²) in [4.78, 5) is 38.8. The zero-order valence-electron chi connectivity index (χ0n) is 21.3. The zero-order chi connectivity index (χ0) is 26.8. The molecule has 0 spiro atoms. The summed E-state index contributed by atoms with van der Waals surface area (Å²) in [6.07, 6.45) is 1.37. The Bertz CT molecular complexity index is 1550. The minimum Gasteiger partial charge on any atom is -0.494 e. The summed E-state index contributed by atoms with van der Waals surface area (Å²) in [5, 5.41) is 3.32. The average Bonchev–Trinajstić information content (AvgIpc) is 2.93. The minimum absolute atomic E-state index is 0.0871. The Morgan fingerprint density at radius 1 is 1.08 bits per heavy atom. The van der Waals surface area contributed by atoms with Crippen LogP contribution >= 0.6 is 0 Å². The standard InChI is InChI=1S/C27H30N8O3/c1-3-33-11-13-34(14-12-33)18-9-10-20(21(15-18)38-2)31-27-30-16-19-23(36)22(25(29)37)24(28)35(26(19)32-27)17-7-5-4-6-8-17/h4-10,15-16H,3,11-14,28H2,1-2H3,(H2,29,37)(H,30,31,32). The lowest BCUT2D eigenvalue weighted by Gasteiger charge is -2.35. The van der Waals surface area contributed by atoms with Gasteiger partial charge in [-0.15, -0.1) is 0 Å². The Labute approximate surface area is 219 Å². The van der Waals surface area contributed by atoms with Gasteiger partial charge >= 0.3 is 0 Å². The third-order valence-electron chi connectivity index (χ3n) is 6.83. The van der Waals surface area contributed by atoms with Crippen LogP contribution in [0.2, 0.25) is 0 Å². The van der Waals surface area contributed by atoms with Crippen molar-refractivity contribution in [1.82, 2.24) is 19.4 Å². The van der Waals surface area contributed by atoms with Gasteiger partial charge in [0.1, 0.15) is 17.1 Å². The smallest absolute Gasteiger partial charge is 0.256 e. The first kappa shape index (κ1) is 25.0. The first-order valence-electron chi connectivity index (χ1n) is 12.4. The minimum atomic E-state index is -0.915. The fourth-order valence-corrected chi connectivity index (χ4v) is 4.74. The summed E-state index contributed by atoms with van der Waals surface area (Å²) in [6.45, 7) is 7.17. The molecular formula is C27H30N8O3. The number of nitrogens with one attached hydrogen (secondary N) is 1. The summed E-state index contributed by atoms with van der Waals surface area (Å²) < 4.78 is 7.20. The molecule has 2 aromatic heterocycles. The van der Waals surface area contributed by atoms with E-state index < -0.39 is 11.3 Å². The number of nitrogens with zero attached hydrogens (tertiary/aromatic N) is 5. The third kappa shape index (κ3) is 4.59. The van der Waals surface area contributed by atoms with Crippen molar-refractivity contribution in [2.24, 2.45) is 5.73 Å². The van der Waals surface area contributed by atoms with E-state index in [2.05, 4.69) is 32.0 Å². The molecule has 0 atom stereocenters. The lowest BCUT2D eigenvalue weighted by atomic mass is 10.1. The predicted molar refractivity (Wildman–Crippen MR) is 149 cm³/mol. The summed E-state index contributed by atoms with van der Waals surface area (Å²) in [7, 11) is 1.61. The SMILES string of the molecule is CCN1CCN(c2ccc(Nc3ncc4c(=O)c(C(N)=O)c(N)n(-c5ccccc5)c4n3)c(OC)c2)CC1. The van der Waals surface area contributed by atoms with E-state index in [9.17, 15) is 9.59 Å². The molecule has 11 heteroatoms. The van der Waals surface area contributed by atoms with Crippen LogP contribution < -0.4 is 31.8 Å². The maximum atomic E-state index is 13.0. The van der Waals surface area contributed by atoms with E-state index in [-0.39, 0.29) is 28.4 Å². The van der Waals surface area contributed by atoms with E-state index in [4.69, 9.17) is 16.2 Å².